The molecule has 2 aromatic rings. The molecule has 4 rings (SSSR count). The van der Waals surface area contributed by atoms with Crippen LogP contribution in [0, 0.1) is 22.6 Å². The largest absolute Gasteiger partial charge is 0.495 e. The molecule has 1 spiro atoms. The zero-order chi connectivity index (χ0) is 24.0. The molecule has 2 heterocycles. The van der Waals surface area contributed by atoms with Crippen molar-refractivity contribution in [2.75, 3.05) is 30.4 Å². The summed E-state index contributed by atoms with van der Waals surface area (Å²) in [6.07, 6.45) is 0.216. The standard InChI is InChI=1S/C25H27FN4O3/c1-24(2,3)14-30-20-8-6-16(26)10-17(20)25(23(30)32)11-19(28-13-25)22(31)29-18-7-5-15(12-27)9-21(18)33-4/h5-10,19,28H,11,13-14H2,1-4H3,(H,29,31). The lowest BCUT2D eigenvalue weighted by atomic mass is 9.79. The molecule has 2 amide bonds. The van der Waals surface area contributed by atoms with Crippen LogP contribution in [0.2, 0.25) is 0 Å². The van der Waals surface area contributed by atoms with Gasteiger partial charge in [-0.15, -0.1) is 0 Å². The summed E-state index contributed by atoms with van der Waals surface area (Å²) >= 11 is 0. The van der Waals surface area contributed by atoms with Gasteiger partial charge in [-0.25, -0.2) is 4.39 Å². The minimum Gasteiger partial charge on any atom is -0.495 e. The van der Waals surface area contributed by atoms with E-state index in [1.54, 1.807) is 29.2 Å². The first-order valence-electron chi connectivity index (χ1n) is 10.8. The van der Waals surface area contributed by atoms with Gasteiger partial charge in [0.15, 0.2) is 0 Å². The van der Waals surface area contributed by atoms with Crippen LogP contribution in [0.15, 0.2) is 36.4 Å². The first kappa shape index (κ1) is 22.7. The van der Waals surface area contributed by atoms with Crippen LogP contribution in [0.25, 0.3) is 0 Å². The van der Waals surface area contributed by atoms with Crippen molar-refractivity contribution in [2.45, 2.75) is 38.6 Å². The van der Waals surface area contributed by atoms with Crippen LogP contribution in [0.5, 0.6) is 5.75 Å². The third-order valence-corrected chi connectivity index (χ3v) is 6.16. The highest BCUT2D eigenvalue weighted by atomic mass is 19.1. The molecule has 0 radical (unpaired) electrons. The Labute approximate surface area is 192 Å². The number of methoxy groups -OCH3 is 1. The highest BCUT2D eigenvalue weighted by Gasteiger charge is 2.56. The summed E-state index contributed by atoms with van der Waals surface area (Å²) in [7, 11) is 1.46. The normalized spacial score (nSPS) is 21.8. The summed E-state index contributed by atoms with van der Waals surface area (Å²) in [6, 6.07) is 10.6. The van der Waals surface area contributed by atoms with Crippen LogP contribution < -0.4 is 20.3 Å². The molecule has 0 aromatic heterocycles. The fourth-order valence-electron chi connectivity index (χ4n) is 4.67. The predicted octanol–water partition coefficient (Wildman–Crippen LogP) is 3.34. The summed E-state index contributed by atoms with van der Waals surface area (Å²) in [5.41, 5.74) is 1.02. The highest BCUT2D eigenvalue weighted by molar-refractivity contribution is 6.10. The van der Waals surface area contributed by atoms with Crippen molar-refractivity contribution in [2.24, 2.45) is 5.41 Å². The Morgan fingerprint density at radius 1 is 1.33 bits per heavy atom. The van der Waals surface area contributed by atoms with Gasteiger partial charge in [-0.3, -0.25) is 9.59 Å². The number of hydrogen-bond donors (Lipinski definition) is 2. The lowest BCUT2D eigenvalue weighted by molar-refractivity contribution is -0.123. The number of benzene rings is 2. The number of nitriles is 1. The molecule has 2 aromatic carbocycles. The summed E-state index contributed by atoms with van der Waals surface area (Å²) < 4.78 is 19.5. The average Bonchev–Trinajstić information content (AvgIpc) is 3.30. The van der Waals surface area contributed by atoms with E-state index in [0.29, 0.717) is 34.8 Å². The Balaban J connectivity index is 1.61. The smallest absolute Gasteiger partial charge is 0.241 e. The molecule has 172 valence electrons. The average molecular weight is 451 g/mol. The molecule has 0 aliphatic carbocycles. The molecule has 1 fully saturated rings. The fourth-order valence-corrected chi connectivity index (χ4v) is 4.67. The number of rotatable bonds is 4. The minimum atomic E-state index is -1.00. The predicted molar refractivity (Wildman–Crippen MR) is 123 cm³/mol. The van der Waals surface area contributed by atoms with Crippen molar-refractivity contribution in [1.29, 1.82) is 5.26 Å². The van der Waals surface area contributed by atoms with Crippen LogP contribution >= 0.6 is 0 Å². The molecular weight excluding hydrogens is 423 g/mol. The topological polar surface area (TPSA) is 94.5 Å². The maximum absolute atomic E-state index is 14.2. The van der Waals surface area contributed by atoms with Gasteiger partial charge in [0.1, 0.15) is 11.6 Å². The van der Waals surface area contributed by atoms with Crippen molar-refractivity contribution in [3.05, 3.63) is 53.3 Å². The number of hydrogen-bond acceptors (Lipinski definition) is 5. The van der Waals surface area contributed by atoms with E-state index in [1.807, 2.05) is 26.8 Å². The maximum atomic E-state index is 14.2. The summed E-state index contributed by atoms with van der Waals surface area (Å²) in [5.74, 6) is -0.476. The number of nitrogens with one attached hydrogen (secondary N) is 2. The molecule has 8 heteroatoms. The number of halogens is 1. The van der Waals surface area contributed by atoms with Crippen molar-refractivity contribution < 1.29 is 18.7 Å². The number of ether oxygens (including phenoxy) is 1. The van der Waals surface area contributed by atoms with E-state index in [0.717, 1.165) is 0 Å². The van der Waals surface area contributed by atoms with E-state index in [1.165, 1.54) is 19.2 Å². The van der Waals surface area contributed by atoms with E-state index in [4.69, 9.17) is 10.00 Å². The summed E-state index contributed by atoms with van der Waals surface area (Å²) in [5, 5.41) is 15.1. The number of amides is 2. The first-order valence-corrected chi connectivity index (χ1v) is 10.8. The lowest BCUT2D eigenvalue weighted by Crippen LogP contribution is -2.44. The van der Waals surface area contributed by atoms with Crippen LogP contribution in [0.4, 0.5) is 15.8 Å². The lowest BCUT2D eigenvalue weighted by Gasteiger charge is -2.29. The van der Waals surface area contributed by atoms with E-state index < -0.39 is 17.3 Å². The number of nitrogens with zero attached hydrogens (tertiary/aromatic N) is 2. The molecule has 2 aliphatic heterocycles. The monoisotopic (exact) mass is 450 g/mol. The Kier molecular flexibility index (Phi) is 5.62. The second-order valence-corrected chi connectivity index (χ2v) is 9.85. The molecule has 1 saturated heterocycles. The SMILES string of the molecule is COc1cc(C#N)ccc1NC(=O)C1CC2(CN1)C(=O)N(CC(C)(C)C)c1ccc(F)cc12. The van der Waals surface area contributed by atoms with Gasteiger partial charge in [0.2, 0.25) is 11.8 Å². The van der Waals surface area contributed by atoms with Crippen LogP contribution in [0.3, 0.4) is 0 Å². The van der Waals surface area contributed by atoms with Crippen molar-refractivity contribution in [1.82, 2.24) is 5.32 Å². The fraction of sp³-hybridized carbons (Fsp3) is 0.400. The van der Waals surface area contributed by atoms with Crippen LogP contribution in [-0.4, -0.2) is 38.1 Å². The number of carbonyl (C=O) groups is 2. The quantitative estimate of drug-likeness (QED) is 0.745. The van der Waals surface area contributed by atoms with E-state index >= 15 is 0 Å². The Hall–Kier alpha value is -3.44. The molecule has 7 nitrogen and oxygen atoms in total. The Morgan fingerprint density at radius 2 is 2.09 bits per heavy atom. The van der Waals surface area contributed by atoms with E-state index in [2.05, 4.69) is 10.6 Å². The van der Waals surface area contributed by atoms with Crippen LogP contribution in [0.1, 0.15) is 38.3 Å². The second kappa shape index (κ2) is 8.16. The van der Waals surface area contributed by atoms with Gasteiger partial charge < -0.3 is 20.3 Å². The van der Waals surface area contributed by atoms with Crippen molar-refractivity contribution in [3.63, 3.8) is 0 Å². The minimum absolute atomic E-state index is 0.114. The molecule has 33 heavy (non-hydrogen) atoms. The van der Waals surface area contributed by atoms with Gasteiger partial charge in [-0.05, 0) is 47.7 Å². The Morgan fingerprint density at radius 3 is 2.76 bits per heavy atom. The molecule has 2 aliphatic rings. The van der Waals surface area contributed by atoms with Gasteiger partial charge in [-0.1, -0.05) is 20.8 Å². The molecular formula is C25H27FN4O3. The summed E-state index contributed by atoms with van der Waals surface area (Å²) in [4.78, 5) is 28.5. The van der Waals surface area contributed by atoms with Gasteiger partial charge >= 0.3 is 0 Å². The summed E-state index contributed by atoms with van der Waals surface area (Å²) in [6.45, 7) is 6.87. The van der Waals surface area contributed by atoms with Crippen molar-refractivity contribution >= 4 is 23.2 Å². The van der Waals surface area contributed by atoms with Crippen LogP contribution in [-0.2, 0) is 15.0 Å². The molecule has 0 bridgehead atoms. The number of anilines is 2. The van der Waals surface area contributed by atoms with Gasteiger partial charge in [0.05, 0.1) is 35.9 Å². The van der Waals surface area contributed by atoms with E-state index in [-0.39, 0.29) is 30.2 Å². The molecule has 2 N–H and O–H groups in total. The van der Waals surface area contributed by atoms with Gasteiger partial charge in [-0.2, -0.15) is 5.26 Å². The third kappa shape index (κ3) is 4.05. The zero-order valence-corrected chi connectivity index (χ0v) is 19.2. The highest BCUT2D eigenvalue weighted by Crippen LogP contribution is 2.48. The number of carbonyl (C=O) groups excluding carboxylic acids is 2. The second-order valence-electron chi connectivity index (χ2n) is 9.85. The zero-order valence-electron chi connectivity index (χ0n) is 19.2. The van der Waals surface area contributed by atoms with Gasteiger partial charge in [0, 0.05) is 24.8 Å². The van der Waals surface area contributed by atoms with Crippen molar-refractivity contribution in [3.8, 4) is 11.8 Å². The molecule has 0 saturated carbocycles. The maximum Gasteiger partial charge on any atom is 0.241 e. The Bertz CT molecular complexity index is 1170. The number of fused-ring (bicyclic) bond motifs is 2. The first-order chi connectivity index (χ1) is 15.6. The third-order valence-electron chi connectivity index (χ3n) is 6.16. The molecule has 2 unspecified atom stereocenters. The molecule has 2 atom stereocenters. The van der Waals surface area contributed by atoms with E-state index in [9.17, 15) is 14.0 Å². The van der Waals surface area contributed by atoms with Gasteiger partial charge in [0.25, 0.3) is 0 Å².